The van der Waals surface area contributed by atoms with Gasteiger partial charge in [0.25, 0.3) is 7.52 Å². The molecule has 2 aromatic rings. The lowest BCUT2D eigenvalue weighted by Crippen LogP contribution is -2.42. The molecule has 1 fully saturated rings. The Kier molecular flexibility index (Phi) is 10.5. The third kappa shape index (κ3) is 7.81. The number of aliphatic carboxylic acids is 2. The second kappa shape index (κ2) is 13.1. The van der Waals surface area contributed by atoms with Crippen molar-refractivity contribution in [3.8, 4) is 0 Å². The quantitative estimate of drug-likeness (QED) is 0.235. The molecule has 0 saturated carbocycles. The number of carboxylic acids is 2. The lowest BCUT2D eigenvalue weighted by molar-refractivity contribution is -0.145. The van der Waals surface area contributed by atoms with Crippen molar-refractivity contribution in [1.82, 2.24) is 24.2 Å². The zero-order valence-corrected chi connectivity index (χ0v) is 20.9. The molecule has 0 amide bonds. The zero-order valence-electron chi connectivity index (χ0n) is 20.0. The van der Waals surface area contributed by atoms with Crippen LogP contribution in [-0.4, -0.2) is 91.1 Å². The third-order valence-electron chi connectivity index (χ3n) is 4.98. The van der Waals surface area contributed by atoms with Crippen LogP contribution in [0.25, 0.3) is 11.2 Å². The lowest BCUT2D eigenvalue weighted by Gasteiger charge is -2.37. The Hall–Kier alpha value is -3.39. The van der Waals surface area contributed by atoms with Gasteiger partial charge in [0.15, 0.2) is 11.5 Å². The number of anilines is 1. The van der Waals surface area contributed by atoms with Crippen molar-refractivity contribution in [2.24, 2.45) is 0 Å². The average molecular weight is 528 g/mol. The van der Waals surface area contributed by atoms with E-state index in [1.165, 1.54) is 13.4 Å². The number of rotatable bonds is 9. The molecule has 2 aromatic heterocycles. The number of carbonyl (C=O) groups excluding carboxylic acids is 1. The molecule has 0 aromatic carbocycles. The first-order valence-electron chi connectivity index (χ1n) is 10.7. The van der Waals surface area contributed by atoms with Crippen molar-refractivity contribution in [3.63, 3.8) is 0 Å². The van der Waals surface area contributed by atoms with Gasteiger partial charge in [-0.15, -0.1) is 0 Å². The molecule has 36 heavy (non-hydrogen) atoms. The SMILES string of the molecule is COC(=O)[C@H](C)N1CCCO[P@@]1(=O)CO[C@H](C)Cn1cnc2c(N)ncnc21.O=C(O)/C=C/C(=O)O. The minimum Gasteiger partial charge on any atom is -0.478 e. The van der Waals surface area contributed by atoms with Gasteiger partial charge in [-0.25, -0.2) is 29.2 Å². The molecule has 198 valence electrons. The Morgan fingerprint density at radius 1 is 1.22 bits per heavy atom. The fraction of sp³-hybridized carbons (Fsp3) is 0.500. The summed E-state index contributed by atoms with van der Waals surface area (Å²) in [5, 5.41) is 15.6. The van der Waals surface area contributed by atoms with Crippen molar-refractivity contribution in [1.29, 1.82) is 0 Å². The number of fused-ring (bicyclic) bond motifs is 1. The summed E-state index contributed by atoms with van der Waals surface area (Å²) >= 11 is 0. The van der Waals surface area contributed by atoms with E-state index in [0.29, 0.717) is 55.3 Å². The number of carbonyl (C=O) groups is 3. The summed E-state index contributed by atoms with van der Waals surface area (Å²) in [6.07, 6.45) is 4.36. The molecule has 3 atom stereocenters. The van der Waals surface area contributed by atoms with Gasteiger partial charge < -0.3 is 34.5 Å². The van der Waals surface area contributed by atoms with Crippen molar-refractivity contribution in [2.45, 2.75) is 39.0 Å². The van der Waals surface area contributed by atoms with Crippen molar-refractivity contribution >= 4 is 42.4 Å². The van der Waals surface area contributed by atoms with Crippen LogP contribution in [0.1, 0.15) is 20.3 Å². The molecule has 15 nitrogen and oxygen atoms in total. The second-order valence-corrected chi connectivity index (χ2v) is 9.94. The normalized spacial score (nSPS) is 19.9. The van der Waals surface area contributed by atoms with Crippen LogP contribution in [0, 0.1) is 0 Å². The van der Waals surface area contributed by atoms with E-state index in [2.05, 4.69) is 15.0 Å². The number of methoxy groups -OCH3 is 1. The minimum atomic E-state index is -3.31. The predicted octanol–water partition coefficient (Wildman–Crippen LogP) is 0.960. The molecule has 0 radical (unpaired) electrons. The Balaban J connectivity index is 0.000000493. The fourth-order valence-electron chi connectivity index (χ4n) is 3.25. The Labute approximate surface area is 206 Å². The van der Waals surface area contributed by atoms with Gasteiger partial charge in [0.05, 0.1) is 32.7 Å². The second-order valence-electron chi connectivity index (χ2n) is 7.63. The Bertz CT molecular complexity index is 1140. The number of esters is 1. The van der Waals surface area contributed by atoms with Gasteiger partial charge in [-0.05, 0) is 20.3 Å². The number of aromatic nitrogens is 4. The Morgan fingerprint density at radius 3 is 2.50 bits per heavy atom. The highest BCUT2D eigenvalue weighted by molar-refractivity contribution is 7.56. The van der Waals surface area contributed by atoms with Gasteiger partial charge in [-0.2, -0.15) is 0 Å². The van der Waals surface area contributed by atoms with E-state index in [0.717, 1.165) is 0 Å². The summed E-state index contributed by atoms with van der Waals surface area (Å²) in [5.41, 5.74) is 6.92. The standard InChI is InChI=1S/C16H25N6O5P.C4H4O4/c1-11(7-21-9-20-13-14(17)18-8-19-15(13)21)26-10-28(24)22(5-4-6-27-28)12(2)16(23)25-3;5-3(6)1-2-4(7)8/h8-9,11-12H,4-7,10H2,1-3H3,(H2,17,18,19);1-2H,(H,5,6)(H,7,8)/b;2-1+/t11-,12+,28+;/m1./s1. The highest BCUT2D eigenvalue weighted by Gasteiger charge is 2.41. The highest BCUT2D eigenvalue weighted by atomic mass is 31.2. The molecule has 1 saturated heterocycles. The lowest BCUT2D eigenvalue weighted by atomic mass is 10.3. The molecule has 16 heteroatoms. The first kappa shape index (κ1) is 28.8. The van der Waals surface area contributed by atoms with Gasteiger partial charge in [0, 0.05) is 18.7 Å². The number of imidazole rings is 1. The van der Waals surface area contributed by atoms with Gasteiger partial charge in [0.2, 0.25) is 0 Å². The van der Waals surface area contributed by atoms with Crippen LogP contribution in [-0.2, 0) is 39.5 Å². The summed E-state index contributed by atoms with van der Waals surface area (Å²) in [7, 11) is -2.00. The molecular weight excluding hydrogens is 499 g/mol. The van der Waals surface area contributed by atoms with E-state index in [9.17, 15) is 18.9 Å². The fourth-order valence-corrected chi connectivity index (χ4v) is 5.54. The first-order chi connectivity index (χ1) is 17.0. The van der Waals surface area contributed by atoms with Gasteiger partial charge in [0.1, 0.15) is 24.2 Å². The van der Waals surface area contributed by atoms with E-state index < -0.39 is 31.5 Å². The topological polar surface area (TPSA) is 209 Å². The maximum absolute atomic E-state index is 13.3. The largest absolute Gasteiger partial charge is 0.478 e. The van der Waals surface area contributed by atoms with Crippen LogP contribution in [0.15, 0.2) is 24.8 Å². The molecule has 0 unspecified atom stereocenters. The average Bonchev–Trinajstić information content (AvgIpc) is 3.25. The van der Waals surface area contributed by atoms with Crippen LogP contribution in [0.4, 0.5) is 5.82 Å². The maximum atomic E-state index is 13.3. The number of carboxylic acid groups (broad SMARTS) is 2. The molecule has 3 heterocycles. The summed E-state index contributed by atoms with van der Waals surface area (Å²) in [5.74, 6) is -2.66. The molecule has 0 aliphatic carbocycles. The van der Waals surface area contributed by atoms with E-state index in [-0.39, 0.29) is 12.5 Å². The predicted molar refractivity (Wildman–Crippen MR) is 126 cm³/mol. The van der Waals surface area contributed by atoms with Crippen molar-refractivity contribution in [3.05, 3.63) is 24.8 Å². The number of ether oxygens (including phenoxy) is 2. The molecule has 3 rings (SSSR count). The van der Waals surface area contributed by atoms with Crippen LogP contribution < -0.4 is 5.73 Å². The van der Waals surface area contributed by atoms with E-state index in [4.69, 9.17) is 29.9 Å². The molecule has 1 aliphatic rings. The van der Waals surface area contributed by atoms with E-state index in [1.807, 2.05) is 6.92 Å². The van der Waals surface area contributed by atoms with Gasteiger partial charge in [-0.1, -0.05) is 0 Å². The summed E-state index contributed by atoms with van der Waals surface area (Å²) in [6.45, 7) is 4.77. The highest BCUT2D eigenvalue weighted by Crippen LogP contribution is 2.54. The molecule has 0 bridgehead atoms. The molecular formula is C20H29N6O9P. The summed E-state index contributed by atoms with van der Waals surface area (Å²) in [4.78, 5) is 43.3. The number of hydrogen-bond donors (Lipinski definition) is 3. The first-order valence-corrected chi connectivity index (χ1v) is 12.5. The van der Waals surface area contributed by atoms with Crippen molar-refractivity contribution in [2.75, 3.05) is 32.3 Å². The van der Waals surface area contributed by atoms with E-state index >= 15 is 0 Å². The third-order valence-corrected chi connectivity index (χ3v) is 7.37. The van der Waals surface area contributed by atoms with Gasteiger partial charge in [-0.3, -0.25) is 9.36 Å². The monoisotopic (exact) mass is 528 g/mol. The number of nitrogens with two attached hydrogens (primary N) is 1. The smallest absolute Gasteiger partial charge is 0.328 e. The number of nitrogen functional groups attached to an aromatic ring is 1. The summed E-state index contributed by atoms with van der Waals surface area (Å²) in [6, 6.07) is -0.674. The maximum Gasteiger partial charge on any atom is 0.328 e. The Morgan fingerprint density at radius 2 is 1.89 bits per heavy atom. The van der Waals surface area contributed by atoms with Crippen LogP contribution in [0.3, 0.4) is 0 Å². The van der Waals surface area contributed by atoms with Crippen LogP contribution in [0.2, 0.25) is 0 Å². The van der Waals surface area contributed by atoms with Gasteiger partial charge >= 0.3 is 17.9 Å². The van der Waals surface area contributed by atoms with Crippen LogP contribution >= 0.6 is 7.52 Å². The van der Waals surface area contributed by atoms with Crippen LogP contribution in [0.5, 0.6) is 0 Å². The molecule has 4 N–H and O–H groups in total. The minimum absolute atomic E-state index is 0.126. The van der Waals surface area contributed by atoms with Crippen molar-refractivity contribution < 1.29 is 43.2 Å². The molecule has 0 spiro atoms. The number of nitrogens with zero attached hydrogens (tertiary/aromatic N) is 5. The molecule has 1 aliphatic heterocycles. The van der Waals surface area contributed by atoms with E-state index in [1.54, 1.807) is 22.5 Å². The number of hydrogen-bond acceptors (Lipinski definition) is 11. The summed E-state index contributed by atoms with van der Waals surface area (Å²) < 4.78 is 32.8. The zero-order chi connectivity index (χ0) is 26.9.